The Morgan fingerprint density at radius 3 is 2.93 bits per heavy atom. The average Bonchev–Trinajstić information content (AvgIpc) is 2.25. The van der Waals surface area contributed by atoms with Crippen LogP contribution in [0.3, 0.4) is 0 Å². The van der Waals surface area contributed by atoms with Crippen LogP contribution < -0.4 is 5.32 Å². The summed E-state index contributed by atoms with van der Waals surface area (Å²) in [5, 5.41) is 19.9. The van der Waals surface area contributed by atoms with Crippen molar-refractivity contribution in [2.75, 3.05) is 11.9 Å². The van der Waals surface area contributed by atoms with Crippen LogP contribution in [0.15, 0.2) is 18.2 Å². The Morgan fingerprint density at radius 2 is 2.21 bits per heavy atom. The summed E-state index contributed by atoms with van der Waals surface area (Å²) in [6.45, 7) is 0.704. The summed E-state index contributed by atoms with van der Waals surface area (Å²) in [7, 11) is 0. The van der Waals surface area contributed by atoms with E-state index >= 15 is 0 Å². The van der Waals surface area contributed by atoms with E-state index in [0.717, 1.165) is 6.42 Å². The van der Waals surface area contributed by atoms with Gasteiger partial charge in [-0.2, -0.15) is 10.5 Å². The molecule has 4 nitrogen and oxygen atoms in total. The molecule has 1 N–H and O–H groups in total. The van der Waals surface area contributed by atoms with Crippen LogP contribution in [-0.4, -0.2) is 11.5 Å². The van der Waals surface area contributed by atoms with E-state index in [1.165, 1.54) is 0 Å². The molecule has 0 aromatic carbocycles. The molecule has 14 heavy (non-hydrogen) atoms. The molecule has 0 bridgehead atoms. The number of aromatic nitrogens is 1. The van der Waals surface area contributed by atoms with E-state index in [2.05, 4.69) is 16.4 Å². The molecule has 0 aliphatic carbocycles. The molecule has 0 unspecified atom stereocenters. The summed E-state index contributed by atoms with van der Waals surface area (Å²) in [5.41, 5.74) is 0.398. The van der Waals surface area contributed by atoms with Crippen molar-refractivity contribution in [1.29, 1.82) is 10.5 Å². The minimum absolute atomic E-state index is 0.398. The fourth-order valence-corrected chi connectivity index (χ4v) is 0.979. The summed E-state index contributed by atoms with van der Waals surface area (Å²) in [5.74, 6) is 0.682. The van der Waals surface area contributed by atoms with Crippen LogP contribution in [0, 0.1) is 22.7 Å². The molecule has 1 rings (SSSR count). The van der Waals surface area contributed by atoms with Gasteiger partial charge in [0.2, 0.25) is 0 Å². The van der Waals surface area contributed by atoms with Gasteiger partial charge >= 0.3 is 0 Å². The zero-order valence-corrected chi connectivity index (χ0v) is 7.70. The van der Waals surface area contributed by atoms with Crippen LogP contribution in [0.25, 0.3) is 0 Å². The number of rotatable bonds is 4. The third-order valence-electron chi connectivity index (χ3n) is 1.64. The maximum atomic E-state index is 8.59. The van der Waals surface area contributed by atoms with Gasteiger partial charge in [-0.25, -0.2) is 4.98 Å². The highest BCUT2D eigenvalue weighted by Gasteiger charge is 1.94. The lowest BCUT2D eigenvalue weighted by Crippen LogP contribution is -2.03. The van der Waals surface area contributed by atoms with E-state index in [4.69, 9.17) is 10.5 Å². The Balaban J connectivity index is 2.44. The van der Waals surface area contributed by atoms with E-state index in [0.29, 0.717) is 24.5 Å². The standard InChI is InChI=1S/C10H10N4/c11-6-1-2-7-13-10-5-3-4-9(8-12)14-10/h3-5H,1-2,7H2,(H,13,14). The quantitative estimate of drug-likeness (QED) is 0.726. The number of pyridine rings is 1. The Morgan fingerprint density at radius 1 is 1.36 bits per heavy atom. The molecule has 1 heterocycles. The Bertz CT molecular complexity index is 372. The van der Waals surface area contributed by atoms with Gasteiger partial charge in [-0.1, -0.05) is 6.07 Å². The third-order valence-corrected chi connectivity index (χ3v) is 1.64. The second kappa shape index (κ2) is 5.55. The zero-order valence-electron chi connectivity index (χ0n) is 7.70. The fraction of sp³-hybridized carbons (Fsp3) is 0.300. The molecular weight excluding hydrogens is 176 g/mol. The van der Waals surface area contributed by atoms with Crippen LogP contribution >= 0.6 is 0 Å². The molecule has 0 amide bonds. The molecule has 70 valence electrons. The first kappa shape index (κ1) is 10.0. The highest BCUT2D eigenvalue weighted by atomic mass is 15.0. The molecule has 0 atom stereocenters. The fourth-order valence-electron chi connectivity index (χ4n) is 0.979. The van der Waals surface area contributed by atoms with E-state index in [-0.39, 0.29) is 0 Å². The van der Waals surface area contributed by atoms with Gasteiger partial charge in [0.1, 0.15) is 17.6 Å². The maximum absolute atomic E-state index is 8.59. The number of nitriles is 2. The summed E-state index contributed by atoms with van der Waals surface area (Å²) >= 11 is 0. The minimum Gasteiger partial charge on any atom is -0.370 e. The SMILES string of the molecule is N#CCCCNc1cccc(C#N)n1. The molecule has 0 saturated carbocycles. The Labute approximate surface area is 82.8 Å². The van der Waals surface area contributed by atoms with Crippen LogP contribution in [0.5, 0.6) is 0 Å². The summed E-state index contributed by atoms with van der Waals surface area (Å²) in [4.78, 5) is 4.03. The summed E-state index contributed by atoms with van der Waals surface area (Å²) in [6, 6.07) is 9.26. The molecule has 0 aliphatic rings. The highest BCUT2D eigenvalue weighted by Crippen LogP contribution is 2.03. The number of nitrogens with zero attached hydrogens (tertiary/aromatic N) is 3. The van der Waals surface area contributed by atoms with Gasteiger partial charge in [-0.15, -0.1) is 0 Å². The lowest BCUT2D eigenvalue weighted by molar-refractivity contribution is 0.892. The van der Waals surface area contributed by atoms with Gasteiger partial charge in [-0.05, 0) is 18.6 Å². The van der Waals surface area contributed by atoms with Gasteiger partial charge in [-0.3, -0.25) is 0 Å². The molecule has 0 saturated heterocycles. The monoisotopic (exact) mass is 186 g/mol. The number of hydrogen-bond donors (Lipinski definition) is 1. The predicted molar refractivity (Wildman–Crippen MR) is 52.3 cm³/mol. The maximum Gasteiger partial charge on any atom is 0.142 e. The predicted octanol–water partition coefficient (Wildman–Crippen LogP) is 1.67. The first-order chi connectivity index (χ1) is 6.86. The lowest BCUT2D eigenvalue weighted by Gasteiger charge is -2.02. The molecule has 1 aromatic rings. The van der Waals surface area contributed by atoms with Crippen molar-refractivity contribution in [3.63, 3.8) is 0 Å². The van der Waals surface area contributed by atoms with Crippen molar-refractivity contribution < 1.29 is 0 Å². The highest BCUT2D eigenvalue weighted by molar-refractivity contribution is 5.38. The molecule has 0 spiro atoms. The van der Waals surface area contributed by atoms with Crippen molar-refractivity contribution in [2.45, 2.75) is 12.8 Å². The number of anilines is 1. The molecule has 0 radical (unpaired) electrons. The Kier molecular flexibility index (Phi) is 3.97. The second-order valence-electron chi connectivity index (χ2n) is 2.71. The smallest absolute Gasteiger partial charge is 0.142 e. The van der Waals surface area contributed by atoms with E-state index in [9.17, 15) is 0 Å². The normalized spacial score (nSPS) is 8.71. The number of hydrogen-bond acceptors (Lipinski definition) is 4. The zero-order chi connectivity index (χ0) is 10.2. The largest absolute Gasteiger partial charge is 0.370 e. The van der Waals surface area contributed by atoms with Crippen molar-refractivity contribution in [3.8, 4) is 12.1 Å². The van der Waals surface area contributed by atoms with Crippen molar-refractivity contribution in [2.24, 2.45) is 0 Å². The lowest BCUT2D eigenvalue weighted by atomic mass is 10.3. The second-order valence-corrected chi connectivity index (χ2v) is 2.71. The molecule has 0 fully saturated rings. The molecule has 1 aromatic heterocycles. The van der Waals surface area contributed by atoms with Gasteiger partial charge in [0.05, 0.1) is 6.07 Å². The topological polar surface area (TPSA) is 72.5 Å². The number of nitrogens with one attached hydrogen (secondary N) is 1. The van der Waals surface area contributed by atoms with Gasteiger partial charge in [0, 0.05) is 13.0 Å². The van der Waals surface area contributed by atoms with Crippen molar-refractivity contribution in [3.05, 3.63) is 23.9 Å². The molecule has 0 aliphatic heterocycles. The van der Waals surface area contributed by atoms with Crippen LogP contribution in [0.4, 0.5) is 5.82 Å². The Hall–Kier alpha value is -2.07. The molecular formula is C10H10N4. The third kappa shape index (κ3) is 3.12. The average molecular weight is 186 g/mol. The molecule has 4 heteroatoms. The first-order valence-corrected chi connectivity index (χ1v) is 4.35. The summed E-state index contributed by atoms with van der Waals surface area (Å²) in [6.07, 6.45) is 1.32. The van der Waals surface area contributed by atoms with Crippen LogP contribution in [0.2, 0.25) is 0 Å². The van der Waals surface area contributed by atoms with E-state index in [1.54, 1.807) is 18.2 Å². The van der Waals surface area contributed by atoms with Crippen molar-refractivity contribution in [1.82, 2.24) is 4.98 Å². The summed E-state index contributed by atoms with van der Waals surface area (Å²) < 4.78 is 0. The minimum atomic E-state index is 0.398. The van der Waals surface area contributed by atoms with Gasteiger partial charge in [0.25, 0.3) is 0 Å². The van der Waals surface area contributed by atoms with Crippen LogP contribution in [-0.2, 0) is 0 Å². The first-order valence-electron chi connectivity index (χ1n) is 4.35. The van der Waals surface area contributed by atoms with E-state index < -0.39 is 0 Å². The van der Waals surface area contributed by atoms with Crippen molar-refractivity contribution >= 4 is 5.82 Å². The van der Waals surface area contributed by atoms with E-state index in [1.807, 2.05) is 6.07 Å². The van der Waals surface area contributed by atoms with Crippen LogP contribution in [0.1, 0.15) is 18.5 Å². The van der Waals surface area contributed by atoms with Gasteiger partial charge in [0.15, 0.2) is 0 Å². The van der Waals surface area contributed by atoms with Gasteiger partial charge < -0.3 is 5.32 Å². The number of unbranched alkanes of at least 4 members (excludes halogenated alkanes) is 1.